The number of benzene rings is 1. The molecule has 0 amide bonds. The zero-order valence-corrected chi connectivity index (χ0v) is 11.1. The van der Waals surface area contributed by atoms with Crippen molar-refractivity contribution in [3.05, 3.63) is 59.9 Å². The van der Waals surface area contributed by atoms with E-state index in [1.54, 1.807) is 0 Å². The van der Waals surface area contributed by atoms with Gasteiger partial charge in [0, 0.05) is 12.4 Å². The molecule has 0 unspecified atom stereocenters. The van der Waals surface area contributed by atoms with Crippen molar-refractivity contribution in [2.75, 3.05) is 13.2 Å². The Morgan fingerprint density at radius 2 is 1.58 bits per heavy atom. The number of nitrogens with zero attached hydrogens (tertiary/aromatic N) is 1. The fourth-order valence-electron chi connectivity index (χ4n) is 1.93. The molecule has 19 heavy (non-hydrogen) atoms. The van der Waals surface area contributed by atoms with Crippen molar-refractivity contribution in [1.29, 1.82) is 0 Å². The average Bonchev–Trinajstić information content (AvgIpc) is 2.47. The Balaban J connectivity index is 1.70. The Labute approximate surface area is 114 Å². The molecule has 3 heteroatoms. The minimum Gasteiger partial charge on any atom is -0.494 e. The van der Waals surface area contributed by atoms with E-state index >= 15 is 0 Å². The van der Waals surface area contributed by atoms with Crippen molar-refractivity contribution in [3.8, 4) is 5.75 Å². The number of hydrogen-bond donors (Lipinski definition) is 1. The van der Waals surface area contributed by atoms with E-state index in [1.807, 2.05) is 36.7 Å². The predicted octanol–water partition coefficient (Wildman–Crippen LogP) is 2.59. The van der Waals surface area contributed by atoms with Crippen molar-refractivity contribution in [2.45, 2.75) is 19.3 Å². The Kier molecular flexibility index (Phi) is 5.38. The van der Waals surface area contributed by atoms with E-state index in [4.69, 9.17) is 10.5 Å². The van der Waals surface area contributed by atoms with Crippen LogP contribution in [0.1, 0.15) is 17.5 Å². The SMILES string of the molecule is NCCc1ccc(OCCCc2ccncc2)cc1. The summed E-state index contributed by atoms with van der Waals surface area (Å²) in [7, 11) is 0. The molecule has 0 atom stereocenters. The lowest BCUT2D eigenvalue weighted by Crippen LogP contribution is -2.03. The zero-order valence-electron chi connectivity index (χ0n) is 11.1. The molecule has 0 aliphatic rings. The molecule has 1 aromatic carbocycles. The van der Waals surface area contributed by atoms with Crippen LogP contribution in [-0.4, -0.2) is 18.1 Å². The van der Waals surface area contributed by atoms with Gasteiger partial charge in [0.05, 0.1) is 6.61 Å². The minimum absolute atomic E-state index is 0.687. The summed E-state index contributed by atoms with van der Waals surface area (Å²) in [6.45, 7) is 1.42. The zero-order chi connectivity index (χ0) is 13.3. The maximum atomic E-state index is 5.71. The van der Waals surface area contributed by atoms with E-state index in [0.717, 1.165) is 31.6 Å². The number of ether oxygens (including phenoxy) is 1. The van der Waals surface area contributed by atoms with Crippen LogP contribution in [0, 0.1) is 0 Å². The number of nitrogens with two attached hydrogens (primary N) is 1. The summed E-state index contributed by atoms with van der Waals surface area (Å²) in [6.07, 6.45) is 6.60. The maximum Gasteiger partial charge on any atom is 0.119 e. The van der Waals surface area contributed by atoms with Gasteiger partial charge < -0.3 is 10.5 Å². The van der Waals surface area contributed by atoms with Gasteiger partial charge in [0.1, 0.15) is 5.75 Å². The largest absolute Gasteiger partial charge is 0.494 e. The lowest BCUT2D eigenvalue weighted by Gasteiger charge is -2.07. The highest BCUT2D eigenvalue weighted by atomic mass is 16.5. The molecule has 0 saturated heterocycles. The minimum atomic E-state index is 0.687. The van der Waals surface area contributed by atoms with Crippen LogP contribution >= 0.6 is 0 Å². The van der Waals surface area contributed by atoms with Crippen molar-refractivity contribution < 1.29 is 4.74 Å². The molecule has 2 N–H and O–H groups in total. The summed E-state index contributed by atoms with van der Waals surface area (Å²) in [5, 5.41) is 0. The summed E-state index contributed by atoms with van der Waals surface area (Å²) >= 11 is 0. The molecule has 0 saturated carbocycles. The molecule has 0 radical (unpaired) electrons. The number of aryl methyl sites for hydroxylation is 1. The van der Waals surface area contributed by atoms with Gasteiger partial charge in [0.15, 0.2) is 0 Å². The summed E-state index contributed by atoms with van der Waals surface area (Å²) in [5.41, 5.74) is 8.08. The molecule has 2 rings (SSSR count). The molecular formula is C16H20N2O. The van der Waals surface area contributed by atoms with Gasteiger partial charge >= 0.3 is 0 Å². The first-order valence-electron chi connectivity index (χ1n) is 6.69. The molecule has 2 aromatic rings. The summed E-state index contributed by atoms with van der Waals surface area (Å²) in [4.78, 5) is 4.00. The highest BCUT2D eigenvalue weighted by molar-refractivity contribution is 5.27. The van der Waals surface area contributed by atoms with E-state index in [1.165, 1.54) is 11.1 Å². The third-order valence-electron chi connectivity index (χ3n) is 2.98. The van der Waals surface area contributed by atoms with Crippen LogP contribution in [0.3, 0.4) is 0 Å². The number of hydrogen-bond acceptors (Lipinski definition) is 3. The van der Waals surface area contributed by atoms with Crippen LogP contribution < -0.4 is 10.5 Å². The van der Waals surface area contributed by atoms with Crippen LogP contribution in [0.2, 0.25) is 0 Å². The maximum absolute atomic E-state index is 5.71. The molecule has 0 spiro atoms. The Bertz CT molecular complexity index is 468. The second kappa shape index (κ2) is 7.54. The fraction of sp³-hybridized carbons (Fsp3) is 0.312. The second-order valence-electron chi connectivity index (χ2n) is 4.49. The van der Waals surface area contributed by atoms with Crippen LogP contribution in [0.15, 0.2) is 48.8 Å². The first-order valence-corrected chi connectivity index (χ1v) is 6.69. The van der Waals surface area contributed by atoms with Gasteiger partial charge in [-0.1, -0.05) is 12.1 Å². The molecule has 0 aliphatic carbocycles. The summed E-state index contributed by atoms with van der Waals surface area (Å²) in [5.74, 6) is 0.926. The molecule has 3 nitrogen and oxygen atoms in total. The second-order valence-corrected chi connectivity index (χ2v) is 4.49. The third kappa shape index (κ3) is 4.72. The van der Waals surface area contributed by atoms with Crippen LogP contribution in [0.4, 0.5) is 0 Å². The van der Waals surface area contributed by atoms with E-state index < -0.39 is 0 Å². The summed E-state index contributed by atoms with van der Waals surface area (Å²) in [6, 6.07) is 12.3. The molecule has 1 heterocycles. The molecule has 0 aliphatic heterocycles. The van der Waals surface area contributed by atoms with E-state index in [9.17, 15) is 0 Å². The normalized spacial score (nSPS) is 10.4. The van der Waals surface area contributed by atoms with Crippen LogP contribution in [0.5, 0.6) is 5.75 Å². The van der Waals surface area contributed by atoms with Gasteiger partial charge in [-0.3, -0.25) is 4.98 Å². The monoisotopic (exact) mass is 256 g/mol. The highest BCUT2D eigenvalue weighted by Crippen LogP contribution is 2.13. The number of pyridine rings is 1. The molecule has 0 bridgehead atoms. The standard InChI is InChI=1S/C16H20N2O/c17-10-7-15-3-5-16(6-4-15)19-13-1-2-14-8-11-18-12-9-14/h3-6,8-9,11-12H,1-2,7,10,13,17H2. The van der Waals surface area contributed by atoms with Crippen molar-refractivity contribution in [1.82, 2.24) is 4.98 Å². The fourth-order valence-corrected chi connectivity index (χ4v) is 1.93. The Morgan fingerprint density at radius 1 is 0.895 bits per heavy atom. The van der Waals surface area contributed by atoms with Gasteiger partial charge in [-0.05, 0) is 61.2 Å². The van der Waals surface area contributed by atoms with Crippen LogP contribution in [-0.2, 0) is 12.8 Å². The van der Waals surface area contributed by atoms with E-state index in [-0.39, 0.29) is 0 Å². The first-order chi connectivity index (χ1) is 9.38. The van der Waals surface area contributed by atoms with Gasteiger partial charge in [0.2, 0.25) is 0 Å². The first kappa shape index (κ1) is 13.6. The topological polar surface area (TPSA) is 48.1 Å². The lowest BCUT2D eigenvalue weighted by atomic mass is 10.1. The summed E-state index contributed by atoms with van der Waals surface area (Å²) < 4.78 is 5.71. The van der Waals surface area contributed by atoms with E-state index in [2.05, 4.69) is 17.1 Å². The molecule has 100 valence electrons. The average molecular weight is 256 g/mol. The smallest absolute Gasteiger partial charge is 0.119 e. The number of rotatable bonds is 7. The van der Waals surface area contributed by atoms with Crippen molar-refractivity contribution in [2.24, 2.45) is 5.73 Å². The van der Waals surface area contributed by atoms with Gasteiger partial charge in [0.25, 0.3) is 0 Å². The molecule has 1 aromatic heterocycles. The molecular weight excluding hydrogens is 236 g/mol. The van der Waals surface area contributed by atoms with Crippen molar-refractivity contribution in [3.63, 3.8) is 0 Å². The molecule has 0 fully saturated rings. The Morgan fingerprint density at radius 3 is 2.26 bits per heavy atom. The van der Waals surface area contributed by atoms with Gasteiger partial charge in [-0.2, -0.15) is 0 Å². The lowest BCUT2D eigenvalue weighted by molar-refractivity contribution is 0.311. The number of aromatic nitrogens is 1. The van der Waals surface area contributed by atoms with Crippen molar-refractivity contribution >= 4 is 0 Å². The van der Waals surface area contributed by atoms with E-state index in [0.29, 0.717) is 6.54 Å². The quantitative estimate of drug-likeness (QED) is 0.775. The third-order valence-corrected chi connectivity index (χ3v) is 2.98. The highest BCUT2D eigenvalue weighted by Gasteiger charge is 1.96. The van der Waals surface area contributed by atoms with Gasteiger partial charge in [-0.15, -0.1) is 0 Å². The van der Waals surface area contributed by atoms with Crippen LogP contribution in [0.25, 0.3) is 0 Å². The predicted molar refractivity (Wildman–Crippen MR) is 77.3 cm³/mol. The van der Waals surface area contributed by atoms with Gasteiger partial charge in [-0.25, -0.2) is 0 Å². The Hall–Kier alpha value is -1.87.